The van der Waals surface area contributed by atoms with E-state index in [4.69, 9.17) is 4.74 Å². The molecule has 0 N–H and O–H groups in total. The van der Waals surface area contributed by atoms with Crippen molar-refractivity contribution in [1.82, 2.24) is 14.8 Å². The van der Waals surface area contributed by atoms with Crippen LogP contribution < -0.4 is 4.74 Å². The summed E-state index contributed by atoms with van der Waals surface area (Å²) in [4.78, 5) is 16.5. The SMILES string of the molecule is CC(C)(C)C(=O)C(C/C=C/COc1cccc(F)c1F)n1cncn1. The highest BCUT2D eigenvalue weighted by Gasteiger charge is 2.30. The number of carbonyl (C=O) groups excluding carboxylic acids is 1. The number of Topliss-reactive ketones (excluding diaryl/α,β-unsaturated/α-hetero) is 1. The minimum Gasteiger partial charge on any atom is -0.486 e. The lowest BCUT2D eigenvalue weighted by atomic mass is 9.85. The number of hydrogen-bond acceptors (Lipinski definition) is 4. The number of aromatic nitrogens is 3. The van der Waals surface area contributed by atoms with Crippen molar-refractivity contribution in [2.45, 2.75) is 33.2 Å². The zero-order valence-electron chi connectivity index (χ0n) is 14.4. The minimum absolute atomic E-state index is 0.0275. The molecule has 0 spiro atoms. The van der Waals surface area contributed by atoms with Gasteiger partial charge >= 0.3 is 0 Å². The Hall–Kier alpha value is -2.57. The van der Waals surface area contributed by atoms with Crippen molar-refractivity contribution in [3.05, 3.63) is 54.6 Å². The summed E-state index contributed by atoms with van der Waals surface area (Å²) in [6.45, 7) is 5.60. The average Bonchev–Trinajstić information content (AvgIpc) is 3.07. The molecule has 7 heteroatoms. The van der Waals surface area contributed by atoms with Crippen molar-refractivity contribution in [1.29, 1.82) is 0 Å². The van der Waals surface area contributed by atoms with Gasteiger partial charge in [-0.05, 0) is 18.6 Å². The van der Waals surface area contributed by atoms with Crippen molar-refractivity contribution < 1.29 is 18.3 Å². The van der Waals surface area contributed by atoms with E-state index in [1.165, 1.54) is 29.5 Å². The summed E-state index contributed by atoms with van der Waals surface area (Å²) in [5.74, 6) is -2.09. The molecule has 0 saturated heterocycles. The third-order valence-electron chi connectivity index (χ3n) is 3.58. The largest absolute Gasteiger partial charge is 0.486 e. The molecule has 0 bridgehead atoms. The van der Waals surface area contributed by atoms with Gasteiger partial charge < -0.3 is 4.74 Å². The van der Waals surface area contributed by atoms with Crippen molar-refractivity contribution >= 4 is 5.78 Å². The van der Waals surface area contributed by atoms with E-state index < -0.39 is 23.1 Å². The molecule has 134 valence electrons. The van der Waals surface area contributed by atoms with Crippen LogP contribution in [0.1, 0.15) is 33.2 Å². The number of ether oxygens (including phenoxy) is 1. The van der Waals surface area contributed by atoms with Crippen LogP contribution in [0.2, 0.25) is 0 Å². The van der Waals surface area contributed by atoms with Gasteiger partial charge in [0.1, 0.15) is 25.3 Å². The Morgan fingerprint density at radius 2 is 2.08 bits per heavy atom. The highest BCUT2D eigenvalue weighted by molar-refractivity contribution is 5.87. The van der Waals surface area contributed by atoms with Gasteiger partial charge in [-0.3, -0.25) is 4.79 Å². The summed E-state index contributed by atoms with van der Waals surface area (Å²) in [6, 6.07) is 3.27. The molecule has 0 aliphatic rings. The number of rotatable bonds is 7. The molecule has 1 atom stereocenters. The smallest absolute Gasteiger partial charge is 0.200 e. The predicted octanol–water partition coefficient (Wildman–Crippen LogP) is 3.74. The van der Waals surface area contributed by atoms with Gasteiger partial charge in [-0.2, -0.15) is 9.49 Å². The van der Waals surface area contributed by atoms with Crippen LogP contribution in [0, 0.1) is 17.0 Å². The molecule has 1 aromatic heterocycles. The molecular weight excluding hydrogens is 328 g/mol. The highest BCUT2D eigenvalue weighted by Crippen LogP contribution is 2.25. The van der Waals surface area contributed by atoms with Gasteiger partial charge in [-0.1, -0.05) is 39.0 Å². The predicted molar refractivity (Wildman–Crippen MR) is 89.1 cm³/mol. The van der Waals surface area contributed by atoms with Crippen molar-refractivity contribution in [2.75, 3.05) is 6.61 Å². The van der Waals surface area contributed by atoms with E-state index in [9.17, 15) is 13.6 Å². The van der Waals surface area contributed by atoms with E-state index in [0.717, 1.165) is 6.07 Å². The van der Waals surface area contributed by atoms with Crippen LogP contribution in [0.5, 0.6) is 5.75 Å². The van der Waals surface area contributed by atoms with Gasteiger partial charge in [-0.15, -0.1) is 0 Å². The molecule has 0 fully saturated rings. The van der Waals surface area contributed by atoms with E-state index in [1.807, 2.05) is 20.8 Å². The highest BCUT2D eigenvalue weighted by atomic mass is 19.2. The molecule has 1 aromatic carbocycles. The van der Waals surface area contributed by atoms with Crippen LogP contribution in [0.4, 0.5) is 8.78 Å². The van der Waals surface area contributed by atoms with E-state index in [-0.39, 0.29) is 18.1 Å². The molecule has 2 aromatic rings. The van der Waals surface area contributed by atoms with Crippen molar-refractivity contribution in [3.63, 3.8) is 0 Å². The van der Waals surface area contributed by atoms with Gasteiger partial charge in [0, 0.05) is 5.41 Å². The summed E-state index contributed by atoms with van der Waals surface area (Å²) in [5.41, 5.74) is -0.522. The Kier molecular flexibility index (Phi) is 6.01. The zero-order valence-corrected chi connectivity index (χ0v) is 14.4. The molecule has 0 aliphatic carbocycles. The Bertz CT molecular complexity index is 737. The fraction of sp³-hybridized carbons (Fsp3) is 0.389. The quantitative estimate of drug-likeness (QED) is 0.715. The van der Waals surface area contributed by atoms with Crippen LogP contribution in [0.15, 0.2) is 43.0 Å². The Labute approximate surface area is 145 Å². The van der Waals surface area contributed by atoms with Crippen LogP contribution in [0.25, 0.3) is 0 Å². The summed E-state index contributed by atoms with van der Waals surface area (Å²) in [5, 5.41) is 4.05. The first-order valence-corrected chi connectivity index (χ1v) is 7.91. The third-order valence-corrected chi connectivity index (χ3v) is 3.58. The van der Waals surface area contributed by atoms with E-state index >= 15 is 0 Å². The third kappa shape index (κ3) is 4.95. The van der Waals surface area contributed by atoms with E-state index in [0.29, 0.717) is 6.42 Å². The van der Waals surface area contributed by atoms with Gasteiger partial charge in [0.2, 0.25) is 5.82 Å². The second-order valence-electron chi connectivity index (χ2n) is 6.58. The number of benzene rings is 1. The lowest BCUT2D eigenvalue weighted by Gasteiger charge is -2.23. The average molecular weight is 349 g/mol. The number of nitrogens with zero attached hydrogens (tertiary/aromatic N) is 3. The van der Waals surface area contributed by atoms with Crippen LogP contribution in [-0.4, -0.2) is 27.2 Å². The maximum atomic E-state index is 13.5. The lowest BCUT2D eigenvalue weighted by molar-refractivity contribution is -0.129. The fourth-order valence-corrected chi connectivity index (χ4v) is 2.24. The molecule has 0 saturated carbocycles. The first-order chi connectivity index (χ1) is 11.8. The second-order valence-corrected chi connectivity index (χ2v) is 6.58. The molecule has 0 aliphatic heterocycles. The maximum Gasteiger partial charge on any atom is 0.200 e. The van der Waals surface area contributed by atoms with Gasteiger partial charge in [0.25, 0.3) is 0 Å². The summed E-state index contributed by atoms with van der Waals surface area (Å²) in [6.07, 6.45) is 6.69. The Morgan fingerprint density at radius 1 is 1.32 bits per heavy atom. The second kappa shape index (κ2) is 8.00. The Balaban J connectivity index is 1.97. The summed E-state index contributed by atoms with van der Waals surface area (Å²) in [7, 11) is 0. The fourth-order valence-electron chi connectivity index (χ4n) is 2.24. The number of carbonyl (C=O) groups is 1. The molecular formula is C18H21F2N3O2. The normalized spacial score (nSPS) is 13.2. The minimum atomic E-state index is -1.01. The van der Waals surface area contributed by atoms with Crippen LogP contribution in [0.3, 0.4) is 0 Å². The van der Waals surface area contributed by atoms with E-state index in [2.05, 4.69) is 10.1 Å². The summed E-state index contributed by atoms with van der Waals surface area (Å²) >= 11 is 0. The molecule has 1 heterocycles. The first-order valence-electron chi connectivity index (χ1n) is 7.91. The maximum absolute atomic E-state index is 13.5. The molecule has 1 unspecified atom stereocenters. The standard InChI is InChI=1S/C18H21F2N3O2/c1-18(2,3)17(24)14(23-12-21-11-22-23)8-4-5-10-25-15-9-6-7-13(19)16(15)20/h4-7,9,11-12,14H,8,10H2,1-3H3/b5-4+. The number of halogens is 2. The monoisotopic (exact) mass is 349 g/mol. The van der Waals surface area contributed by atoms with Crippen LogP contribution >= 0.6 is 0 Å². The van der Waals surface area contributed by atoms with Gasteiger partial charge in [-0.25, -0.2) is 14.1 Å². The molecule has 0 amide bonds. The zero-order chi connectivity index (χ0) is 18.4. The van der Waals surface area contributed by atoms with Gasteiger partial charge in [0.05, 0.1) is 0 Å². The van der Waals surface area contributed by atoms with Crippen LogP contribution in [-0.2, 0) is 4.79 Å². The number of allylic oxidation sites excluding steroid dienone is 1. The van der Waals surface area contributed by atoms with Crippen molar-refractivity contribution in [3.8, 4) is 5.75 Å². The molecule has 25 heavy (non-hydrogen) atoms. The number of hydrogen-bond donors (Lipinski definition) is 0. The summed E-state index contributed by atoms with van der Waals surface area (Å²) < 4.78 is 33.3. The molecule has 0 radical (unpaired) electrons. The number of ketones is 1. The molecule has 5 nitrogen and oxygen atoms in total. The first kappa shape index (κ1) is 18.8. The van der Waals surface area contributed by atoms with E-state index in [1.54, 1.807) is 12.2 Å². The lowest BCUT2D eigenvalue weighted by Crippen LogP contribution is -2.30. The topological polar surface area (TPSA) is 57.0 Å². The molecule has 2 rings (SSSR count). The Morgan fingerprint density at radius 3 is 2.72 bits per heavy atom. The van der Waals surface area contributed by atoms with Gasteiger partial charge in [0.15, 0.2) is 17.3 Å². The van der Waals surface area contributed by atoms with Crippen molar-refractivity contribution in [2.24, 2.45) is 5.41 Å².